The second-order valence-corrected chi connectivity index (χ2v) is 4.74. The van der Waals surface area contributed by atoms with Crippen molar-refractivity contribution in [1.82, 2.24) is 0 Å². The Morgan fingerprint density at radius 3 is 2.50 bits per heavy atom. The second kappa shape index (κ2) is 3.78. The zero-order valence-corrected chi connectivity index (χ0v) is 8.77. The van der Waals surface area contributed by atoms with Crippen LogP contribution in [0.2, 0.25) is 0 Å². The minimum absolute atomic E-state index is 0.165. The Hall–Kier alpha value is -0.0400. The average molecular weight is 169 g/mol. The predicted octanol–water partition coefficient (Wildman–Crippen LogP) is 2.94. The summed E-state index contributed by atoms with van der Waals surface area (Å²) in [5, 5.41) is 0. The standard InChI is InChI=1S/C11H23N/c1-4-10-6-9(3)7-11(12,5-2)8-10/h9-10H,4-8,12H2,1-3H3. The highest BCUT2D eigenvalue weighted by Crippen LogP contribution is 2.37. The molecule has 1 nitrogen and oxygen atoms in total. The molecule has 0 saturated heterocycles. The van der Waals surface area contributed by atoms with Gasteiger partial charge in [0.25, 0.3) is 0 Å². The minimum atomic E-state index is 0.165. The van der Waals surface area contributed by atoms with E-state index in [1.807, 2.05) is 0 Å². The fourth-order valence-corrected chi connectivity index (χ4v) is 2.69. The van der Waals surface area contributed by atoms with Crippen molar-refractivity contribution in [3.8, 4) is 0 Å². The molecule has 72 valence electrons. The van der Waals surface area contributed by atoms with E-state index in [4.69, 9.17) is 5.73 Å². The van der Waals surface area contributed by atoms with E-state index in [-0.39, 0.29) is 5.54 Å². The quantitative estimate of drug-likeness (QED) is 0.675. The van der Waals surface area contributed by atoms with E-state index < -0.39 is 0 Å². The molecule has 1 rings (SSSR count). The van der Waals surface area contributed by atoms with Crippen LogP contribution in [0.5, 0.6) is 0 Å². The second-order valence-electron chi connectivity index (χ2n) is 4.74. The lowest BCUT2D eigenvalue weighted by atomic mass is 9.70. The van der Waals surface area contributed by atoms with Crippen LogP contribution in [-0.2, 0) is 0 Å². The van der Waals surface area contributed by atoms with Gasteiger partial charge in [0.15, 0.2) is 0 Å². The summed E-state index contributed by atoms with van der Waals surface area (Å²) in [4.78, 5) is 0. The highest BCUT2D eigenvalue weighted by atomic mass is 14.7. The van der Waals surface area contributed by atoms with Gasteiger partial charge in [-0.15, -0.1) is 0 Å². The summed E-state index contributed by atoms with van der Waals surface area (Å²) in [6, 6.07) is 0. The first kappa shape index (κ1) is 10.0. The molecule has 3 atom stereocenters. The first-order valence-corrected chi connectivity index (χ1v) is 5.38. The van der Waals surface area contributed by atoms with E-state index in [2.05, 4.69) is 20.8 Å². The molecule has 1 heteroatoms. The molecule has 0 aliphatic heterocycles. The van der Waals surface area contributed by atoms with E-state index in [9.17, 15) is 0 Å². The molecule has 1 fully saturated rings. The van der Waals surface area contributed by atoms with Crippen molar-refractivity contribution in [2.24, 2.45) is 17.6 Å². The number of hydrogen-bond donors (Lipinski definition) is 1. The summed E-state index contributed by atoms with van der Waals surface area (Å²) in [5.74, 6) is 1.73. The highest BCUT2D eigenvalue weighted by Gasteiger charge is 2.33. The molecule has 0 heterocycles. The third kappa shape index (κ3) is 2.22. The van der Waals surface area contributed by atoms with Crippen molar-refractivity contribution < 1.29 is 0 Å². The summed E-state index contributed by atoms with van der Waals surface area (Å²) < 4.78 is 0. The molecule has 0 bridgehead atoms. The first-order chi connectivity index (χ1) is 5.59. The van der Waals surface area contributed by atoms with E-state index >= 15 is 0 Å². The molecule has 0 aromatic heterocycles. The molecular formula is C11H23N. The molecule has 0 radical (unpaired) electrons. The summed E-state index contributed by atoms with van der Waals surface area (Å²) in [6.07, 6.45) is 6.34. The van der Waals surface area contributed by atoms with Crippen molar-refractivity contribution in [2.75, 3.05) is 0 Å². The molecule has 0 amide bonds. The maximum Gasteiger partial charge on any atom is 0.0156 e. The molecule has 2 N–H and O–H groups in total. The van der Waals surface area contributed by atoms with E-state index in [1.54, 1.807) is 0 Å². The Balaban J connectivity index is 2.56. The van der Waals surface area contributed by atoms with Gasteiger partial charge in [-0.25, -0.2) is 0 Å². The predicted molar refractivity (Wildman–Crippen MR) is 54.0 cm³/mol. The van der Waals surface area contributed by atoms with Crippen LogP contribution in [0, 0.1) is 11.8 Å². The summed E-state index contributed by atoms with van der Waals surface area (Å²) in [6.45, 7) is 6.86. The van der Waals surface area contributed by atoms with Gasteiger partial charge in [-0.1, -0.05) is 27.2 Å². The highest BCUT2D eigenvalue weighted by molar-refractivity contribution is 4.91. The minimum Gasteiger partial charge on any atom is -0.325 e. The molecule has 1 aliphatic rings. The molecule has 12 heavy (non-hydrogen) atoms. The zero-order chi connectivity index (χ0) is 9.19. The fraction of sp³-hybridized carbons (Fsp3) is 1.00. The SMILES string of the molecule is CCC1CC(C)CC(N)(CC)C1. The Morgan fingerprint density at radius 1 is 1.33 bits per heavy atom. The van der Waals surface area contributed by atoms with Crippen molar-refractivity contribution in [1.29, 1.82) is 0 Å². The van der Waals surface area contributed by atoms with Crippen molar-refractivity contribution in [2.45, 2.75) is 58.4 Å². The molecule has 0 aromatic carbocycles. The molecule has 0 spiro atoms. The molecule has 3 unspecified atom stereocenters. The van der Waals surface area contributed by atoms with Crippen LogP contribution in [0.15, 0.2) is 0 Å². The topological polar surface area (TPSA) is 26.0 Å². The Labute approximate surface area is 76.7 Å². The van der Waals surface area contributed by atoms with Crippen molar-refractivity contribution in [3.63, 3.8) is 0 Å². The number of nitrogens with two attached hydrogens (primary N) is 1. The maximum absolute atomic E-state index is 6.31. The van der Waals surface area contributed by atoms with Crippen LogP contribution >= 0.6 is 0 Å². The van der Waals surface area contributed by atoms with E-state index in [1.165, 1.54) is 25.7 Å². The van der Waals surface area contributed by atoms with Gasteiger partial charge >= 0.3 is 0 Å². The normalized spacial score (nSPS) is 43.0. The van der Waals surface area contributed by atoms with Crippen LogP contribution in [0.3, 0.4) is 0 Å². The number of rotatable bonds is 2. The Bertz CT molecular complexity index is 144. The lowest BCUT2D eigenvalue weighted by Gasteiger charge is -2.40. The van der Waals surface area contributed by atoms with Crippen LogP contribution in [0.25, 0.3) is 0 Å². The van der Waals surface area contributed by atoms with Gasteiger partial charge in [-0.2, -0.15) is 0 Å². The van der Waals surface area contributed by atoms with Gasteiger partial charge in [0.1, 0.15) is 0 Å². The monoisotopic (exact) mass is 169 g/mol. The van der Waals surface area contributed by atoms with Gasteiger partial charge in [0, 0.05) is 5.54 Å². The van der Waals surface area contributed by atoms with Crippen LogP contribution < -0.4 is 5.73 Å². The third-order valence-electron chi connectivity index (χ3n) is 3.47. The molecule has 1 aliphatic carbocycles. The average Bonchev–Trinajstić information content (AvgIpc) is 2.03. The summed E-state index contributed by atoms with van der Waals surface area (Å²) in [5.41, 5.74) is 6.48. The molecular weight excluding hydrogens is 146 g/mol. The van der Waals surface area contributed by atoms with Crippen LogP contribution in [0.1, 0.15) is 52.9 Å². The van der Waals surface area contributed by atoms with Crippen LogP contribution in [0.4, 0.5) is 0 Å². The lowest BCUT2D eigenvalue weighted by molar-refractivity contribution is 0.164. The third-order valence-corrected chi connectivity index (χ3v) is 3.47. The summed E-state index contributed by atoms with van der Waals surface area (Å²) >= 11 is 0. The molecule has 1 saturated carbocycles. The van der Waals surface area contributed by atoms with Gasteiger partial charge in [0.05, 0.1) is 0 Å². The molecule has 0 aromatic rings. The lowest BCUT2D eigenvalue weighted by Crippen LogP contribution is -2.45. The van der Waals surface area contributed by atoms with E-state index in [0.717, 1.165) is 18.3 Å². The fourth-order valence-electron chi connectivity index (χ4n) is 2.69. The Morgan fingerprint density at radius 2 is 2.00 bits per heavy atom. The van der Waals surface area contributed by atoms with Gasteiger partial charge in [0.2, 0.25) is 0 Å². The van der Waals surface area contributed by atoms with Crippen molar-refractivity contribution in [3.05, 3.63) is 0 Å². The first-order valence-electron chi connectivity index (χ1n) is 5.38. The smallest absolute Gasteiger partial charge is 0.0156 e. The van der Waals surface area contributed by atoms with Gasteiger partial charge < -0.3 is 5.73 Å². The van der Waals surface area contributed by atoms with E-state index in [0.29, 0.717) is 0 Å². The largest absolute Gasteiger partial charge is 0.325 e. The maximum atomic E-state index is 6.31. The summed E-state index contributed by atoms with van der Waals surface area (Å²) in [7, 11) is 0. The Kier molecular flexibility index (Phi) is 3.16. The van der Waals surface area contributed by atoms with Gasteiger partial charge in [-0.3, -0.25) is 0 Å². The van der Waals surface area contributed by atoms with Crippen molar-refractivity contribution >= 4 is 0 Å². The zero-order valence-electron chi connectivity index (χ0n) is 8.77. The number of hydrogen-bond acceptors (Lipinski definition) is 1. The van der Waals surface area contributed by atoms with Crippen LogP contribution in [-0.4, -0.2) is 5.54 Å². The van der Waals surface area contributed by atoms with Gasteiger partial charge in [-0.05, 0) is 37.5 Å².